The Balaban J connectivity index is 1.78. The van der Waals surface area contributed by atoms with E-state index in [9.17, 15) is 0 Å². The average Bonchev–Trinajstić information content (AvgIpc) is 2.93. The number of nitrogens with one attached hydrogen (secondary N) is 1. The van der Waals surface area contributed by atoms with Gasteiger partial charge in [-0.05, 0) is 37.7 Å². The van der Waals surface area contributed by atoms with Crippen LogP contribution in [0, 0.1) is 5.92 Å². The third-order valence-electron chi connectivity index (χ3n) is 4.78. The fraction of sp³-hybridized carbons (Fsp3) is 0.733. The van der Waals surface area contributed by atoms with E-state index in [0.29, 0.717) is 5.92 Å². The van der Waals surface area contributed by atoms with Gasteiger partial charge in [0.05, 0.1) is 0 Å². The van der Waals surface area contributed by atoms with Gasteiger partial charge < -0.3 is 21.7 Å². The first kappa shape index (κ1) is 12.9. The monoisotopic (exact) mass is 262 g/mol. The van der Waals surface area contributed by atoms with Crippen LogP contribution in [0.25, 0.3) is 0 Å². The van der Waals surface area contributed by atoms with Crippen molar-refractivity contribution in [3.8, 4) is 0 Å². The molecule has 4 heteroatoms. The second kappa shape index (κ2) is 5.08. The van der Waals surface area contributed by atoms with Gasteiger partial charge in [-0.3, -0.25) is 0 Å². The minimum absolute atomic E-state index is 0.447. The van der Waals surface area contributed by atoms with Crippen molar-refractivity contribution in [1.29, 1.82) is 0 Å². The lowest BCUT2D eigenvalue weighted by Gasteiger charge is -2.43. The average molecular weight is 262 g/mol. The van der Waals surface area contributed by atoms with E-state index < -0.39 is 5.66 Å². The van der Waals surface area contributed by atoms with Crippen LogP contribution < -0.4 is 16.8 Å². The lowest BCUT2D eigenvalue weighted by Crippen LogP contribution is -2.60. The standard InChI is InChI=1S/C15H26N4/c16-13-10-14(19-8-4-5-9-19)18-15(17,11-13)12-6-2-1-3-7-12/h10-12,18H,1-9,16-17H2. The minimum atomic E-state index is -0.447. The molecule has 0 amide bonds. The Morgan fingerprint density at radius 2 is 1.79 bits per heavy atom. The number of hydrogen-bond acceptors (Lipinski definition) is 4. The van der Waals surface area contributed by atoms with E-state index in [2.05, 4.69) is 10.2 Å². The SMILES string of the molecule is NC1=CC(N)(C2CCCCC2)NC(N2CCCC2)=C1. The Morgan fingerprint density at radius 1 is 1.11 bits per heavy atom. The predicted molar refractivity (Wildman–Crippen MR) is 77.8 cm³/mol. The van der Waals surface area contributed by atoms with E-state index in [-0.39, 0.29) is 0 Å². The Bertz CT molecular complexity index is 389. The number of hydrogen-bond donors (Lipinski definition) is 3. The molecule has 1 aliphatic carbocycles. The van der Waals surface area contributed by atoms with Crippen molar-refractivity contribution in [2.75, 3.05) is 13.1 Å². The summed E-state index contributed by atoms with van der Waals surface area (Å²) in [4.78, 5) is 2.38. The lowest BCUT2D eigenvalue weighted by molar-refractivity contribution is 0.200. The molecule has 0 spiro atoms. The quantitative estimate of drug-likeness (QED) is 0.707. The molecule has 19 heavy (non-hydrogen) atoms. The van der Waals surface area contributed by atoms with Gasteiger partial charge in [-0.2, -0.15) is 0 Å². The van der Waals surface area contributed by atoms with Crippen molar-refractivity contribution in [2.24, 2.45) is 17.4 Å². The van der Waals surface area contributed by atoms with E-state index >= 15 is 0 Å². The molecule has 0 radical (unpaired) electrons. The lowest BCUT2D eigenvalue weighted by atomic mass is 9.79. The molecule has 1 atom stereocenters. The van der Waals surface area contributed by atoms with Crippen molar-refractivity contribution in [1.82, 2.24) is 10.2 Å². The van der Waals surface area contributed by atoms with Crippen molar-refractivity contribution in [3.05, 3.63) is 23.7 Å². The molecule has 2 aliphatic heterocycles. The summed E-state index contributed by atoms with van der Waals surface area (Å²) in [5.74, 6) is 1.64. The first-order chi connectivity index (χ1) is 9.17. The summed E-state index contributed by atoms with van der Waals surface area (Å²) in [6.07, 6.45) is 13.0. The largest absolute Gasteiger partial charge is 0.399 e. The highest BCUT2D eigenvalue weighted by Crippen LogP contribution is 2.33. The van der Waals surface area contributed by atoms with E-state index in [4.69, 9.17) is 11.5 Å². The Morgan fingerprint density at radius 3 is 2.47 bits per heavy atom. The van der Waals surface area contributed by atoms with Crippen LogP contribution in [0.15, 0.2) is 23.7 Å². The number of nitrogens with zero attached hydrogens (tertiary/aromatic N) is 1. The van der Waals surface area contributed by atoms with Crippen LogP contribution in [-0.2, 0) is 0 Å². The number of likely N-dealkylation sites (tertiary alicyclic amines) is 1. The molecule has 2 fully saturated rings. The zero-order valence-corrected chi connectivity index (χ0v) is 11.7. The molecular weight excluding hydrogens is 236 g/mol. The van der Waals surface area contributed by atoms with Gasteiger partial charge in [0.2, 0.25) is 0 Å². The Hall–Kier alpha value is -1.16. The molecular formula is C15H26N4. The van der Waals surface area contributed by atoms with Crippen molar-refractivity contribution >= 4 is 0 Å². The third kappa shape index (κ3) is 2.59. The summed E-state index contributed by atoms with van der Waals surface area (Å²) < 4.78 is 0. The van der Waals surface area contributed by atoms with Gasteiger partial charge in [0.15, 0.2) is 0 Å². The van der Waals surface area contributed by atoms with Gasteiger partial charge in [-0.25, -0.2) is 0 Å². The van der Waals surface area contributed by atoms with E-state index in [1.807, 2.05) is 12.2 Å². The topological polar surface area (TPSA) is 67.3 Å². The smallest absolute Gasteiger partial charge is 0.111 e. The van der Waals surface area contributed by atoms with Crippen LogP contribution in [-0.4, -0.2) is 23.7 Å². The summed E-state index contributed by atoms with van der Waals surface area (Å²) in [7, 11) is 0. The minimum Gasteiger partial charge on any atom is -0.399 e. The van der Waals surface area contributed by atoms with Gasteiger partial charge in [-0.15, -0.1) is 0 Å². The molecule has 3 rings (SSSR count). The number of rotatable bonds is 2. The number of nitrogens with two attached hydrogens (primary N) is 2. The van der Waals surface area contributed by atoms with Gasteiger partial charge >= 0.3 is 0 Å². The van der Waals surface area contributed by atoms with Gasteiger partial charge in [0.1, 0.15) is 11.5 Å². The van der Waals surface area contributed by atoms with Gasteiger partial charge in [0, 0.05) is 24.9 Å². The summed E-state index contributed by atoms with van der Waals surface area (Å²) in [6, 6.07) is 0. The maximum absolute atomic E-state index is 6.65. The van der Waals surface area contributed by atoms with Crippen molar-refractivity contribution in [2.45, 2.75) is 50.6 Å². The van der Waals surface area contributed by atoms with E-state index in [1.54, 1.807) is 0 Å². The molecule has 5 N–H and O–H groups in total. The molecule has 3 aliphatic rings. The number of dihydropyridines is 1. The molecule has 0 aromatic rings. The van der Waals surface area contributed by atoms with Crippen molar-refractivity contribution in [3.63, 3.8) is 0 Å². The Kier molecular flexibility index (Phi) is 3.44. The molecule has 1 unspecified atom stereocenters. The van der Waals surface area contributed by atoms with Crippen LogP contribution in [0.3, 0.4) is 0 Å². The van der Waals surface area contributed by atoms with Crippen molar-refractivity contribution < 1.29 is 0 Å². The molecule has 1 saturated heterocycles. The third-order valence-corrected chi connectivity index (χ3v) is 4.78. The molecule has 2 heterocycles. The normalized spacial score (nSPS) is 32.8. The highest BCUT2D eigenvalue weighted by molar-refractivity contribution is 5.31. The summed E-state index contributed by atoms with van der Waals surface area (Å²) >= 11 is 0. The number of allylic oxidation sites excluding steroid dienone is 1. The fourth-order valence-corrected chi connectivity index (χ4v) is 3.70. The molecule has 0 aromatic carbocycles. The molecule has 0 bridgehead atoms. The fourth-order valence-electron chi connectivity index (χ4n) is 3.70. The highest BCUT2D eigenvalue weighted by Gasteiger charge is 2.37. The first-order valence-electron chi connectivity index (χ1n) is 7.69. The zero-order chi connectivity index (χ0) is 13.3. The van der Waals surface area contributed by atoms with Crippen LogP contribution in [0.4, 0.5) is 0 Å². The van der Waals surface area contributed by atoms with Gasteiger partial charge in [-0.1, -0.05) is 19.3 Å². The van der Waals surface area contributed by atoms with E-state index in [1.165, 1.54) is 44.9 Å². The Labute approximate surface area is 115 Å². The molecule has 4 nitrogen and oxygen atoms in total. The predicted octanol–water partition coefficient (Wildman–Crippen LogP) is 1.60. The summed E-state index contributed by atoms with van der Waals surface area (Å²) in [5.41, 5.74) is 13.1. The molecule has 106 valence electrons. The van der Waals surface area contributed by atoms with Crippen LogP contribution in [0.2, 0.25) is 0 Å². The maximum atomic E-state index is 6.65. The summed E-state index contributed by atoms with van der Waals surface area (Å²) in [5, 5.41) is 3.58. The maximum Gasteiger partial charge on any atom is 0.111 e. The van der Waals surface area contributed by atoms with Crippen LogP contribution in [0.1, 0.15) is 44.9 Å². The highest BCUT2D eigenvalue weighted by atomic mass is 15.3. The van der Waals surface area contributed by atoms with E-state index in [0.717, 1.165) is 24.6 Å². The zero-order valence-electron chi connectivity index (χ0n) is 11.7. The van der Waals surface area contributed by atoms with Gasteiger partial charge in [0.25, 0.3) is 0 Å². The summed E-state index contributed by atoms with van der Waals surface area (Å²) in [6.45, 7) is 2.24. The van der Waals surface area contributed by atoms with Crippen LogP contribution in [0.5, 0.6) is 0 Å². The molecule has 1 saturated carbocycles. The first-order valence-corrected chi connectivity index (χ1v) is 7.69. The molecule has 0 aromatic heterocycles. The second-order valence-corrected chi connectivity index (χ2v) is 6.26. The van der Waals surface area contributed by atoms with Crippen LogP contribution >= 0.6 is 0 Å². The second-order valence-electron chi connectivity index (χ2n) is 6.26.